The first-order valence-corrected chi connectivity index (χ1v) is 14.5. The van der Waals surface area contributed by atoms with Gasteiger partial charge < -0.3 is 24.4 Å². The smallest absolute Gasteiger partial charge is 0.218 e. The second-order valence-corrected chi connectivity index (χ2v) is 10.7. The molecule has 1 N–H and O–H groups in total. The topological polar surface area (TPSA) is 97.8 Å². The Morgan fingerprint density at radius 1 is 0.872 bits per heavy atom. The molecule has 0 atom stereocenters. The number of nitrogens with zero attached hydrogens (tertiary/aromatic N) is 6. The zero-order valence-corrected chi connectivity index (χ0v) is 22.6. The molecular formula is C29H39N7O3. The number of hydrogen-bond donors (Lipinski definition) is 1. The van der Waals surface area contributed by atoms with Gasteiger partial charge in [-0.25, -0.2) is 15.0 Å². The van der Waals surface area contributed by atoms with Crippen molar-refractivity contribution in [3.8, 4) is 11.6 Å². The summed E-state index contributed by atoms with van der Waals surface area (Å²) in [5, 5.41) is 3.59. The van der Waals surface area contributed by atoms with Crippen LogP contribution in [0.25, 0.3) is 11.0 Å². The molecule has 10 heteroatoms. The predicted octanol–water partition coefficient (Wildman–Crippen LogP) is 3.92. The molecule has 0 unspecified atom stereocenters. The van der Waals surface area contributed by atoms with Gasteiger partial charge >= 0.3 is 0 Å². The first kappa shape index (κ1) is 26.0. The van der Waals surface area contributed by atoms with E-state index in [1.54, 1.807) is 18.7 Å². The zero-order chi connectivity index (χ0) is 26.3. The second kappa shape index (κ2) is 12.7. The van der Waals surface area contributed by atoms with E-state index in [1.165, 1.54) is 32.4 Å². The van der Waals surface area contributed by atoms with E-state index in [9.17, 15) is 0 Å². The maximum atomic E-state index is 6.57. The number of morpholine rings is 1. The summed E-state index contributed by atoms with van der Waals surface area (Å²) in [5.74, 6) is 2.28. The Bertz CT molecular complexity index is 1210. The molecule has 2 aliphatic heterocycles. The Morgan fingerprint density at radius 3 is 2.54 bits per heavy atom. The minimum atomic E-state index is 0.146. The van der Waals surface area contributed by atoms with Crippen LogP contribution < -0.4 is 19.7 Å². The Morgan fingerprint density at radius 2 is 1.69 bits per heavy atom. The summed E-state index contributed by atoms with van der Waals surface area (Å²) in [6.07, 6.45) is 13.1. The van der Waals surface area contributed by atoms with Crippen molar-refractivity contribution >= 4 is 22.5 Å². The minimum Gasteiger partial charge on any atom is -0.488 e. The van der Waals surface area contributed by atoms with Gasteiger partial charge in [0.05, 0.1) is 24.8 Å². The molecule has 2 aromatic heterocycles. The van der Waals surface area contributed by atoms with Crippen molar-refractivity contribution in [1.29, 1.82) is 0 Å². The Balaban J connectivity index is 1.02. The summed E-state index contributed by atoms with van der Waals surface area (Å²) in [6.45, 7) is 7.18. The number of likely N-dealkylation sites (tertiary alicyclic amines) is 1. The first-order chi connectivity index (χ1) is 19.3. The zero-order valence-electron chi connectivity index (χ0n) is 22.6. The Hall–Kier alpha value is -3.24. The van der Waals surface area contributed by atoms with Gasteiger partial charge in [0, 0.05) is 55.9 Å². The lowest BCUT2D eigenvalue weighted by Gasteiger charge is -2.31. The molecule has 208 valence electrons. The van der Waals surface area contributed by atoms with Crippen LogP contribution in [0.3, 0.4) is 0 Å². The number of anilines is 2. The highest BCUT2D eigenvalue weighted by atomic mass is 16.5. The van der Waals surface area contributed by atoms with Crippen molar-refractivity contribution in [1.82, 2.24) is 24.8 Å². The summed E-state index contributed by atoms with van der Waals surface area (Å²) in [4.78, 5) is 22.7. The lowest BCUT2D eigenvalue weighted by molar-refractivity contribution is 0.122. The normalized spacial score (nSPS) is 22.5. The molecule has 3 fully saturated rings. The number of ether oxygens (including phenoxy) is 3. The van der Waals surface area contributed by atoms with E-state index in [4.69, 9.17) is 14.2 Å². The van der Waals surface area contributed by atoms with Crippen LogP contribution in [-0.2, 0) is 4.74 Å². The molecule has 6 rings (SSSR count). The van der Waals surface area contributed by atoms with E-state index < -0.39 is 0 Å². The molecular weight excluding hydrogens is 494 g/mol. The van der Waals surface area contributed by atoms with Crippen molar-refractivity contribution in [2.45, 2.75) is 57.1 Å². The molecule has 3 aliphatic rings. The van der Waals surface area contributed by atoms with Gasteiger partial charge in [0.25, 0.3) is 0 Å². The summed E-state index contributed by atoms with van der Waals surface area (Å²) in [5.41, 5.74) is 2.81. The van der Waals surface area contributed by atoms with E-state index in [0.29, 0.717) is 18.5 Å². The van der Waals surface area contributed by atoms with E-state index in [2.05, 4.69) is 47.2 Å². The molecule has 0 amide bonds. The van der Waals surface area contributed by atoms with Crippen LogP contribution in [0.4, 0.5) is 11.5 Å². The van der Waals surface area contributed by atoms with Gasteiger partial charge in [-0.2, -0.15) is 0 Å². The van der Waals surface area contributed by atoms with Crippen molar-refractivity contribution in [3.63, 3.8) is 0 Å². The number of rotatable bonds is 9. The van der Waals surface area contributed by atoms with Crippen molar-refractivity contribution in [3.05, 3.63) is 36.9 Å². The summed E-state index contributed by atoms with van der Waals surface area (Å²) in [7, 11) is 0. The molecule has 4 heterocycles. The fourth-order valence-electron chi connectivity index (χ4n) is 5.80. The summed E-state index contributed by atoms with van der Waals surface area (Å²) >= 11 is 0. The van der Waals surface area contributed by atoms with E-state index >= 15 is 0 Å². The monoisotopic (exact) mass is 533 g/mol. The second-order valence-electron chi connectivity index (χ2n) is 10.7. The van der Waals surface area contributed by atoms with Gasteiger partial charge in [0.15, 0.2) is 0 Å². The summed E-state index contributed by atoms with van der Waals surface area (Å²) < 4.78 is 18.0. The molecule has 3 aromatic rings. The summed E-state index contributed by atoms with van der Waals surface area (Å²) in [6, 6.07) is 6.49. The van der Waals surface area contributed by atoms with Crippen LogP contribution in [0.5, 0.6) is 11.6 Å². The number of fused-ring (bicyclic) bond motifs is 1. The Labute approximate surface area is 230 Å². The van der Waals surface area contributed by atoms with Gasteiger partial charge in [-0.1, -0.05) is 6.42 Å². The predicted molar refractivity (Wildman–Crippen MR) is 151 cm³/mol. The van der Waals surface area contributed by atoms with E-state index in [0.717, 1.165) is 86.8 Å². The van der Waals surface area contributed by atoms with Crippen LogP contribution in [0.1, 0.15) is 44.9 Å². The molecule has 39 heavy (non-hydrogen) atoms. The average molecular weight is 534 g/mol. The van der Waals surface area contributed by atoms with Crippen LogP contribution in [0, 0.1) is 0 Å². The third kappa shape index (κ3) is 6.86. The molecule has 1 saturated carbocycles. The highest BCUT2D eigenvalue weighted by Gasteiger charge is 2.24. The number of nitrogens with one attached hydrogen (secondary N) is 1. The van der Waals surface area contributed by atoms with Crippen molar-refractivity contribution in [2.24, 2.45) is 0 Å². The number of aromatic nitrogens is 4. The van der Waals surface area contributed by atoms with Crippen molar-refractivity contribution < 1.29 is 14.2 Å². The van der Waals surface area contributed by atoms with Crippen LogP contribution >= 0.6 is 0 Å². The number of hydrogen-bond acceptors (Lipinski definition) is 10. The number of piperidine rings is 1. The van der Waals surface area contributed by atoms with Crippen LogP contribution in [0.15, 0.2) is 36.9 Å². The largest absolute Gasteiger partial charge is 0.488 e. The van der Waals surface area contributed by atoms with E-state index in [-0.39, 0.29) is 6.10 Å². The molecule has 0 bridgehead atoms. The number of benzene rings is 1. The highest BCUT2D eigenvalue weighted by molar-refractivity contribution is 5.85. The third-order valence-corrected chi connectivity index (χ3v) is 7.97. The lowest BCUT2D eigenvalue weighted by Crippen LogP contribution is -2.36. The highest BCUT2D eigenvalue weighted by Crippen LogP contribution is 2.33. The minimum absolute atomic E-state index is 0.146. The maximum absolute atomic E-state index is 6.57. The fourth-order valence-corrected chi connectivity index (χ4v) is 5.80. The van der Waals surface area contributed by atoms with Gasteiger partial charge in [0.2, 0.25) is 5.88 Å². The third-order valence-electron chi connectivity index (χ3n) is 7.97. The standard InChI is InChI=1S/C29H39N7O3/c1-2-10-35(11-3-1)12-17-38-28-20-27(32-21-33-28)34-22-4-6-24(7-5-22)39-26-19-23(36-13-15-37-16-14-36)18-25-29(26)31-9-8-30-25/h8-9,18-22,24H,1-7,10-17H2,(H,32,33,34)/t22-,24+. The average Bonchev–Trinajstić information content (AvgIpc) is 2.99. The van der Waals surface area contributed by atoms with Gasteiger partial charge in [-0.05, 0) is 57.7 Å². The molecule has 1 aromatic carbocycles. The van der Waals surface area contributed by atoms with Gasteiger partial charge in [-0.3, -0.25) is 9.88 Å². The molecule has 2 saturated heterocycles. The fraction of sp³-hybridized carbons (Fsp3) is 0.586. The molecule has 1 aliphatic carbocycles. The lowest BCUT2D eigenvalue weighted by atomic mass is 9.93. The first-order valence-electron chi connectivity index (χ1n) is 14.5. The van der Waals surface area contributed by atoms with E-state index in [1.807, 2.05) is 6.07 Å². The molecule has 10 nitrogen and oxygen atoms in total. The quantitative estimate of drug-likeness (QED) is 0.436. The molecule has 0 spiro atoms. The van der Waals surface area contributed by atoms with Gasteiger partial charge in [-0.15, -0.1) is 0 Å². The Kier molecular flexibility index (Phi) is 8.50. The van der Waals surface area contributed by atoms with Gasteiger partial charge in [0.1, 0.15) is 30.0 Å². The maximum Gasteiger partial charge on any atom is 0.218 e. The molecule has 0 radical (unpaired) electrons. The van der Waals surface area contributed by atoms with Crippen LogP contribution in [-0.4, -0.2) is 89.5 Å². The SMILES string of the molecule is c1nc(N[C@H]2CC[C@@H](Oc3cc(N4CCOCC4)cc4nccnc34)CC2)cc(OCCN2CCCCC2)n1. The van der Waals surface area contributed by atoms with Crippen molar-refractivity contribution in [2.75, 3.05) is 62.8 Å². The van der Waals surface area contributed by atoms with Crippen LogP contribution in [0.2, 0.25) is 0 Å².